The van der Waals surface area contributed by atoms with Crippen LogP contribution in [-0.4, -0.2) is 43.3 Å². The Morgan fingerprint density at radius 3 is 2.50 bits per heavy atom. The van der Waals surface area contributed by atoms with E-state index in [-0.39, 0.29) is 0 Å². The van der Waals surface area contributed by atoms with Crippen molar-refractivity contribution in [3.05, 3.63) is 29.7 Å². The molecule has 3 heteroatoms. The standard InChI is InChI=1S/C17H27NO2/c1-18(2)13-16(17(19)11-5-4-6-12-17)14-7-9-15(20-3)10-8-14/h7-10,16,19H,4-6,11-13H2,1-3H3/i4D2,5D2,6D2,7D,8D,9D,10D,11D2,12D2,13D2,16D. The Bertz CT molecular complexity index is 1040. The van der Waals surface area contributed by atoms with E-state index in [9.17, 15) is 6.48 Å². The van der Waals surface area contributed by atoms with Crippen molar-refractivity contribution in [3.63, 3.8) is 0 Å². The van der Waals surface area contributed by atoms with Gasteiger partial charge in [-0.05, 0) is 44.5 Å². The number of benzene rings is 1. The van der Waals surface area contributed by atoms with Crippen LogP contribution in [0, 0.1) is 0 Å². The minimum atomic E-state index is -4.54. The zero-order valence-electron chi connectivity index (χ0n) is 28.3. The van der Waals surface area contributed by atoms with E-state index in [4.69, 9.17) is 26.7 Å². The molecule has 0 aliphatic heterocycles. The SMILES string of the molecule is [2H]c1c([2H])c(C([2H])(C([2H])([2H])N(C)C)C2(O)C([2H])([2H])C([2H])([2H])C([2H])([2H])C([2H])([2H])C2([2H])[2H])c([2H])c([2H])c1OC. The molecule has 1 aromatic rings. The fraction of sp³-hybridized carbons (Fsp3) is 0.647. The van der Waals surface area contributed by atoms with Crippen molar-refractivity contribution >= 4 is 0 Å². The summed E-state index contributed by atoms with van der Waals surface area (Å²) >= 11 is 0. The van der Waals surface area contributed by atoms with E-state index in [2.05, 4.69) is 0 Å². The highest BCUT2D eigenvalue weighted by Crippen LogP contribution is 2.40. The van der Waals surface area contributed by atoms with E-state index in [1.54, 1.807) is 0 Å². The van der Waals surface area contributed by atoms with Gasteiger partial charge in [0.2, 0.25) is 0 Å². The predicted molar refractivity (Wildman–Crippen MR) is 82.3 cm³/mol. The van der Waals surface area contributed by atoms with Crippen molar-refractivity contribution in [2.24, 2.45) is 0 Å². The third-order valence-electron chi connectivity index (χ3n) is 2.37. The topological polar surface area (TPSA) is 32.7 Å². The van der Waals surface area contributed by atoms with Gasteiger partial charge >= 0.3 is 0 Å². The molecule has 1 saturated carbocycles. The van der Waals surface area contributed by atoms with Crippen LogP contribution in [0.1, 0.15) is 66.6 Å². The number of rotatable bonds is 5. The summed E-state index contributed by atoms with van der Waals surface area (Å²) < 4.78 is 147. The van der Waals surface area contributed by atoms with E-state index < -0.39 is 85.3 Å². The van der Waals surface area contributed by atoms with Gasteiger partial charge in [-0.2, -0.15) is 0 Å². The first-order chi connectivity index (χ1) is 16.2. The Hall–Kier alpha value is -1.06. The third kappa shape index (κ3) is 3.53. The normalized spacial score (nSPS) is 47.1. The van der Waals surface area contributed by atoms with E-state index in [0.29, 0.717) is 4.90 Å². The summed E-state index contributed by atoms with van der Waals surface area (Å²) in [4.78, 5) is 0.509. The van der Waals surface area contributed by atoms with Crippen molar-refractivity contribution in [1.29, 1.82) is 0 Å². The largest absolute Gasteiger partial charge is 0.497 e. The van der Waals surface area contributed by atoms with Crippen LogP contribution < -0.4 is 4.74 Å². The molecule has 0 spiro atoms. The van der Waals surface area contributed by atoms with Gasteiger partial charge in [-0.3, -0.25) is 0 Å². The fourth-order valence-corrected chi connectivity index (χ4v) is 1.50. The summed E-state index contributed by atoms with van der Waals surface area (Å²) in [5.74, 6) is -4.77. The number of hydrogen-bond donors (Lipinski definition) is 1. The molecule has 0 heterocycles. The molecule has 1 aliphatic carbocycles. The third-order valence-corrected chi connectivity index (χ3v) is 2.37. The lowest BCUT2D eigenvalue weighted by molar-refractivity contribution is -0.0277. The molecule has 20 heavy (non-hydrogen) atoms. The Morgan fingerprint density at radius 1 is 1.40 bits per heavy atom. The first kappa shape index (κ1) is 4.47. The highest BCUT2D eigenvalue weighted by molar-refractivity contribution is 5.31. The molecular formula is C17H27NO2. The number of methoxy groups -OCH3 is 1. The lowest BCUT2D eigenvalue weighted by Crippen LogP contribution is -2.42. The molecule has 0 bridgehead atoms. The summed E-state index contributed by atoms with van der Waals surface area (Å²) in [6, 6.07) is -4.58. The van der Waals surface area contributed by atoms with Gasteiger partial charge in [-0.25, -0.2) is 0 Å². The number of hydrogen-bond acceptors (Lipinski definition) is 3. The zero-order valence-corrected chi connectivity index (χ0v) is 11.3. The summed E-state index contributed by atoms with van der Waals surface area (Å²) in [6.45, 7) is -3.57. The predicted octanol–water partition coefficient (Wildman–Crippen LogP) is 3.04. The molecule has 0 aromatic heterocycles. The van der Waals surface area contributed by atoms with Crippen molar-refractivity contribution in [2.45, 2.75) is 43.4 Å². The Labute approximate surface area is 146 Å². The van der Waals surface area contributed by atoms with E-state index in [0.717, 1.165) is 21.2 Å². The molecular weight excluding hydrogens is 250 g/mol. The molecule has 1 fully saturated rings. The smallest absolute Gasteiger partial charge is 0.118 e. The van der Waals surface area contributed by atoms with Crippen LogP contribution >= 0.6 is 0 Å². The zero-order chi connectivity index (χ0) is 29.7. The van der Waals surface area contributed by atoms with Crippen LogP contribution in [0.2, 0.25) is 0 Å². The van der Waals surface area contributed by atoms with Crippen LogP contribution in [0.3, 0.4) is 0 Å². The van der Waals surface area contributed by atoms with Crippen molar-refractivity contribution < 1.29 is 33.1 Å². The molecule has 1 aliphatic rings. The van der Waals surface area contributed by atoms with Gasteiger partial charge in [0.1, 0.15) is 5.75 Å². The van der Waals surface area contributed by atoms with Crippen LogP contribution in [0.5, 0.6) is 5.75 Å². The molecule has 3 nitrogen and oxygen atoms in total. The molecule has 0 saturated heterocycles. The number of likely N-dealkylation sites (N-methyl/N-ethyl adjacent to an activating group) is 1. The van der Waals surface area contributed by atoms with Crippen molar-refractivity contribution in [3.8, 4) is 5.75 Å². The molecule has 1 N–H and O–H groups in total. The summed E-state index contributed by atoms with van der Waals surface area (Å²) in [7, 11) is 2.88. The highest BCUT2D eigenvalue weighted by Gasteiger charge is 2.38. The van der Waals surface area contributed by atoms with Crippen molar-refractivity contribution in [2.75, 3.05) is 27.7 Å². The van der Waals surface area contributed by atoms with Crippen LogP contribution in [-0.2, 0) is 0 Å². The molecule has 1 unspecified atom stereocenters. The average Bonchev–Trinajstić information content (AvgIpc) is 2.75. The second-order valence-electron chi connectivity index (χ2n) is 4.12. The van der Waals surface area contributed by atoms with Gasteiger partial charge in [0.05, 0.1) is 18.2 Å². The summed E-state index contributed by atoms with van der Waals surface area (Å²) in [5.41, 5.74) is -5.97. The van der Waals surface area contributed by atoms with Gasteiger partial charge < -0.3 is 14.7 Å². The minimum Gasteiger partial charge on any atom is -0.497 e. The summed E-state index contributed by atoms with van der Waals surface area (Å²) in [6.07, 6.45) is -20.9. The lowest BCUT2D eigenvalue weighted by atomic mass is 9.72. The second-order valence-corrected chi connectivity index (χ2v) is 4.12. The van der Waals surface area contributed by atoms with Crippen molar-refractivity contribution in [1.82, 2.24) is 4.90 Å². The lowest BCUT2D eigenvalue weighted by Gasteiger charge is -2.40. The maximum atomic E-state index is 12.0. The number of aliphatic hydroxyl groups is 1. The first-order valence-electron chi connectivity index (χ1n) is 14.2. The molecule has 1 atom stereocenters. The molecule has 112 valence electrons. The molecule has 2 rings (SSSR count). The maximum Gasteiger partial charge on any atom is 0.118 e. The van der Waals surface area contributed by atoms with Gasteiger partial charge in [0, 0.05) is 30.2 Å². The highest BCUT2D eigenvalue weighted by atomic mass is 16.5. The monoisotopic (exact) mass is 294 g/mol. The Kier molecular flexibility index (Phi) is 1.47. The fourth-order valence-electron chi connectivity index (χ4n) is 1.50. The number of nitrogens with zero attached hydrogens (tertiary/aromatic N) is 1. The van der Waals surface area contributed by atoms with E-state index in [1.165, 1.54) is 0 Å². The molecule has 0 amide bonds. The Balaban J connectivity index is 3.39. The first-order valence-corrected chi connectivity index (χ1v) is 5.70. The second kappa shape index (κ2) is 6.59. The van der Waals surface area contributed by atoms with Gasteiger partial charge in [0.15, 0.2) is 0 Å². The van der Waals surface area contributed by atoms with Gasteiger partial charge in [0.25, 0.3) is 0 Å². The summed E-state index contributed by atoms with van der Waals surface area (Å²) in [5, 5.41) is 12.0. The maximum absolute atomic E-state index is 12.0. The van der Waals surface area contributed by atoms with Crippen LogP contribution in [0.15, 0.2) is 24.2 Å². The minimum absolute atomic E-state index is 0.509. The van der Waals surface area contributed by atoms with E-state index in [1.807, 2.05) is 0 Å². The van der Waals surface area contributed by atoms with E-state index >= 15 is 0 Å². The quantitative estimate of drug-likeness (QED) is 0.906. The van der Waals surface area contributed by atoms with Gasteiger partial charge in [-0.15, -0.1) is 0 Å². The molecule has 1 aromatic carbocycles. The van der Waals surface area contributed by atoms with Crippen LogP contribution in [0.25, 0.3) is 0 Å². The average molecular weight is 295 g/mol. The van der Waals surface area contributed by atoms with Gasteiger partial charge in [-0.1, -0.05) is 31.2 Å². The Morgan fingerprint density at radius 2 is 2.00 bits per heavy atom. The van der Waals surface area contributed by atoms with Crippen LogP contribution in [0.4, 0.5) is 0 Å². The molecule has 0 radical (unpaired) electrons. The number of ether oxygens (including phenoxy) is 1.